The monoisotopic (exact) mass is 404 g/mol. The molecule has 1 aromatic heterocycles. The molecule has 0 aliphatic carbocycles. The van der Waals surface area contributed by atoms with E-state index in [9.17, 15) is 25.0 Å². The summed E-state index contributed by atoms with van der Waals surface area (Å²) in [4.78, 5) is 40.3. The summed E-state index contributed by atoms with van der Waals surface area (Å²) in [6, 6.07) is 16.4. The summed E-state index contributed by atoms with van der Waals surface area (Å²) in [6.45, 7) is 0. The Hall–Kier alpha value is -4.60. The molecule has 0 atom stereocenters. The molecule has 10 heteroatoms. The highest BCUT2D eigenvalue weighted by Crippen LogP contribution is 2.37. The van der Waals surface area contributed by atoms with Crippen LogP contribution in [0, 0.1) is 20.2 Å². The molecule has 1 N–H and O–H groups in total. The summed E-state index contributed by atoms with van der Waals surface area (Å²) in [5.74, 6) is 0.230. The van der Waals surface area contributed by atoms with Crippen molar-refractivity contribution in [1.82, 2.24) is 9.97 Å². The Morgan fingerprint density at radius 2 is 1.60 bits per heavy atom. The molecular weight excluding hydrogens is 392 g/mol. The summed E-state index contributed by atoms with van der Waals surface area (Å²) in [7, 11) is 0. The number of aromatic nitrogens is 2. The zero-order chi connectivity index (χ0) is 21.3. The van der Waals surface area contributed by atoms with E-state index in [1.165, 1.54) is 0 Å². The average molecular weight is 404 g/mol. The minimum absolute atomic E-state index is 0.179. The summed E-state index contributed by atoms with van der Waals surface area (Å²) >= 11 is 0. The predicted molar refractivity (Wildman–Crippen MR) is 108 cm³/mol. The van der Waals surface area contributed by atoms with Crippen LogP contribution in [0.2, 0.25) is 0 Å². The number of hydrogen-bond acceptors (Lipinski definition) is 7. The standard InChI is InChI=1S/C20H12N4O6/c25-20-13-5-1-3-7-15(13)21-19(22-20)14-6-2-4-8-17(14)30-18-10-9-12(23(26)27)11-16(18)24(28)29/h1-11H,(H,21,22,25). The van der Waals surface area contributed by atoms with Crippen LogP contribution in [0.3, 0.4) is 0 Å². The molecule has 0 saturated carbocycles. The Bertz CT molecular complexity index is 1370. The van der Waals surface area contributed by atoms with Gasteiger partial charge in [-0.2, -0.15) is 0 Å². The van der Waals surface area contributed by atoms with Crippen molar-refractivity contribution in [2.24, 2.45) is 0 Å². The summed E-state index contributed by atoms with van der Waals surface area (Å²) in [5.41, 5.74) is -0.450. The number of nitrogens with zero attached hydrogens (tertiary/aromatic N) is 3. The smallest absolute Gasteiger partial charge is 0.318 e. The molecule has 0 aliphatic rings. The summed E-state index contributed by atoms with van der Waals surface area (Å²) in [5, 5.41) is 22.7. The molecule has 10 nitrogen and oxygen atoms in total. The van der Waals surface area contributed by atoms with Crippen molar-refractivity contribution < 1.29 is 14.6 Å². The van der Waals surface area contributed by atoms with Crippen LogP contribution in [0.25, 0.3) is 22.3 Å². The molecule has 0 amide bonds. The topological polar surface area (TPSA) is 141 Å². The number of H-pyrrole nitrogens is 1. The van der Waals surface area contributed by atoms with Crippen LogP contribution >= 0.6 is 0 Å². The lowest BCUT2D eigenvalue weighted by Crippen LogP contribution is -2.09. The molecule has 0 unspecified atom stereocenters. The molecule has 0 saturated heterocycles. The summed E-state index contributed by atoms with van der Waals surface area (Å²) in [6.07, 6.45) is 0. The number of aromatic amines is 1. The zero-order valence-electron chi connectivity index (χ0n) is 15.1. The number of ether oxygens (including phenoxy) is 1. The fraction of sp³-hybridized carbons (Fsp3) is 0. The van der Waals surface area contributed by atoms with Crippen molar-refractivity contribution in [1.29, 1.82) is 0 Å². The van der Waals surface area contributed by atoms with Crippen molar-refractivity contribution in [3.63, 3.8) is 0 Å². The van der Waals surface area contributed by atoms with E-state index in [4.69, 9.17) is 4.74 Å². The van der Waals surface area contributed by atoms with Crippen LogP contribution in [-0.2, 0) is 0 Å². The van der Waals surface area contributed by atoms with Gasteiger partial charge in [-0.25, -0.2) is 4.98 Å². The highest BCUT2D eigenvalue weighted by Gasteiger charge is 2.22. The molecule has 1 heterocycles. The van der Waals surface area contributed by atoms with E-state index in [0.29, 0.717) is 16.5 Å². The van der Waals surface area contributed by atoms with E-state index in [-0.39, 0.29) is 22.9 Å². The Morgan fingerprint density at radius 1 is 0.867 bits per heavy atom. The maximum Gasteiger partial charge on any atom is 0.318 e. The quantitative estimate of drug-likeness (QED) is 0.388. The first kappa shape index (κ1) is 18.7. The normalized spacial score (nSPS) is 10.7. The Balaban J connectivity index is 1.82. The van der Waals surface area contributed by atoms with Crippen LogP contribution in [0.5, 0.6) is 11.5 Å². The molecule has 0 aliphatic heterocycles. The van der Waals surface area contributed by atoms with Crippen molar-refractivity contribution in [2.75, 3.05) is 0 Å². The highest BCUT2D eigenvalue weighted by molar-refractivity contribution is 5.80. The molecular formula is C20H12N4O6. The maximum absolute atomic E-state index is 12.4. The lowest BCUT2D eigenvalue weighted by molar-refractivity contribution is -0.394. The molecule has 0 radical (unpaired) electrons. The maximum atomic E-state index is 12.4. The van der Waals surface area contributed by atoms with Gasteiger partial charge in [0.25, 0.3) is 11.2 Å². The van der Waals surface area contributed by atoms with E-state index in [1.54, 1.807) is 48.5 Å². The minimum atomic E-state index is -0.763. The second-order valence-corrected chi connectivity index (χ2v) is 6.20. The first-order valence-corrected chi connectivity index (χ1v) is 8.63. The lowest BCUT2D eigenvalue weighted by Gasteiger charge is -2.11. The van der Waals surface area contributed by atoms with Gasteiger partial charge >= 0.3 is 5.69 Å². The van der Waals surface area contributed by atoms with Crippen LogP contribution in [0.1, 0.15) is 0 Å². The van der Waals surface area contributed by atoms with Gasteiger partial charge in [0.1, 0.15) is 11.6 Å². The van der Waals surface area contributed by atoms with E-state index in [2.05, 4.69) is 9.97 Å². The third kappa shape index (κ3) is 3.44. The second kappa shape index (κ2) is 7.43. The van der Waals surface area contributed by atoms with Gasteiger partial charge in [-0.1, -0.05) is 24.3 Å². The molecule has 0 bridgehead atoms. The predicted octanol–water partition coefficient (Wildman–Crippen LogP) is 4.20. The fourth-order valence-corrected chi connectivity index (χ4v) is 2.93. The molecule has 148 valence electrons. The number of nitro benzene ring substituents is 2. The van der Waals surface area contributed by atoms with Crippen LogP contribution in [0.4, 0.5) is 11.4 Å². The minimum Gasteiger partial charge on any atom is -0.449 e. The van der Waals surface area contributed by atoms with Crippen LogP contribution < -0.4 is 10.3 Å². The number of para-hydroxylation sites is 2. The Kier molecular flexibility index (Phi) is 4.64. The van der Waals surface area contributed by atoms with Gasteiger partial charge in [-0.15, -0.1) is 0 Å². The molecule has 30 heavy (non-hydrogen) atoms. The zero-order valence-corrected chi connectivity index (χ0v) is 15.1. The molecule has 3 aromatic carbocycles. The SMILES string of the molecule is O=c1[nH]c(-c2ccccc2Oc2ccc([N+](=O)[O-])cc2[N+](=O)[O-])nc2ccccc12. The molecule has 4 rings (SSSR count). The number of benzene rings is 3. The molecule has 0 spiro atoms. The first-order valence-electron chi connectivity index (χ1n) is 8.63. The largest absolute Gasteiger partial charge is 0.449 e. The number of nitrogens with one attached hydrogen (secondary N) is 1. The van der Waals surface area contributed by atoms with Gasteiger partial charge in [0.2, 0.25) is 5.75 Å². The van der Waals surface area contributed by atoms with Crippen LogP contribution in [-0.4, -0.2) is 19.8 Å². The molecule has 0 fully saturated rings. The van der Waals surface area contributed by atoms with Gasteiger partial charge in [0, 0.05) is 6.07 Å². The van der Waals surface area contributed by atoms with Crippen molar-refractivity contribution in [3.05, 3.63) is 97.3 Å². The lowest BCUT2D eigenvalue weighted by atomic mass is 10.1. The second-order valence-electron chi connectivity index (χ2n) is 6.20. The summed E-state index contributed by atoms with van der Waals surface area (Å²) < 4.78 is 5.72. The van der Waals surface area contributed by atoms with Gasteiger partial charge in [0.05, 0.1) is 32.4 Å². The van der Waals surface area contributed by atoms with E-state index >= 15 is 0 Å². The highest BCUT2D eigenvalue weighted by atomic mass is 16.6. The Morgan fingerprint density at radius 3 is 2.37 bits per heavy atom. The van der Waals surface area contributed by atoms with Gasteiger partial charge in [0.15, 0.2) is 0 Å². The van der Waals surface area contributed by atoms with Crippen molar-refractivity contribution >= 4 is 22.3 Å². The third-order valence-electron chi connectivity index (χ3n) is 4.32. The first-order chi connectivity index (χ1) is 14.4. The molecule has 4 aromatic rings. The van der Waals surface area contributed by atoms with E-state index < -0.39 is 21.2 Å². The van der Waals surface area contributed by atoms with E-state index in [0.717, 1.165) is 18.2 Å². The Labute approximate surface area is 167 Å². The van der Waals surface area contributed by atoms with Crippen LogP contribution in [0.15, 0.2) is 71.5 Å². The van der Waals surface area contributed by atoms with Gasteiger partial charge in [-0.3, -0.25) is 25.0 Å². The van der Waals surface area contributed by atoms with E-state index in [1.807, 2.05) is 0 Å². The van der Waals surface area contributed by atoms with Gasteiger partial charge in [-0.05, 0) is 30.3 Å². The van der Waals surface area contributed by atoms with Crippen molar-refractivity contribution in [2.45, 2.75) is 0 Å². The number of hydrogen-bond donors (Lipinski definition) is 1. The number of non-ortho nitro benzene ring substituents is 1. The van der Waals surface area contributed by atoms with Crippen molar-refractivity contribution in [3.8, 4) is 22.9 Å². The fourth-order valence-electron chi connectivity index (χ4n) is 2.93. The van der Waals surface area contributed by atoms with Gasteiger partial charge < -0.3 is 9.72 Å². The number of nitro groups is 2. The number of rotatable bonds is 5. The third-order valence-corrected chi connectivity index (χ3v) is 4.32. The number of fused-ring (bicyclic) bond motifs is 1. The average Bonchev–Trinajstić information content (AvgIpc) is 2.74.